The van der Waals surface area contributed by atoms with Crippen LogP contribution in [0, 0.1) is 0 Å². The fourth-order valence-corrected chi connectivity index (χ4v) is 6.36. The van der Waals surface area contributed by atoms with Gasteiger partial charge in [0.05, 0.1) is 42.6 Å². The minimum absolute atomic E-state index is 0.135. The Morgan fingerprint density at radius 2 is 1.50 bits per heavy atom. The standard InChI is InChI=1S/C42H38N6O6/c1-47-35-15-14-29(17-31(35)23-45-47)25-48(26-30-7-6-16-43-21-30)24-28-12-10-27(11-13-28)22-44-41(50)33-18-38(52-2)39(53-3)19-34(33)46-42(51)40-20-36(49)32-8-4-5-9-37(32)54-40/h4-21,23H,22,24-26H2,1-3H3,(H,44,50)(H,46,51). The Bertz CT molecular complexity index is 2510. The minimum atomic E-state index is -0.704. The quantitative estimate of drug-likeness (QED) is 0.137. The molecule has 0 saturated heterocycles. The lowest BCUT2D eigenvalue weighted by Gasteiger charge is -2.23. The number of methoxy groups -OCH3 is 2. The van der Waals surface area contributed by atoms with E-state index in [1.165, 1.54) is 31.9 Å². The number of aromatic nitrogens is 3. The van der Waals surface area contributed by atoms with E-state index >= 15 is 0 Å². The largest absolute Gasteiger partial charge is 0.493 e. The van der Waals surface area contributed by atoms with Crippen LogP contribution in [-0.4, -0.2) is 45.7 Å². The third-order valence-electron chi connectivity index (χ3n) is 9.10. The van der Waals surface area contributed by atoms with E-state index < -0.39 is 11.8 Å². The Balaban J connectivity index is 1.05. The highest BCUT2D eigenvalue weighted by atomic mass is 16.5. The molecule has 0 radical (unpaired) electrons. The molecular weight excluding hydrogens is 684 g/mol. The van der Waals surface area contributed by atoms with Gasteiger partial charge in [0.25, 0.3) is 11.8 Å². The van der Waals surface area contributed by atoms with Crippen LogP contribution in [0.4, 0.5) is 5.69 Å². The van der Waals surface area contributed by atoms with Crippen molar-refractivity contribution in [1.82, 2.24) is 25.0 Å². The summed E-state index contributed by atoms with van der Waals surface area (Å²) in [5.41, 5.74) is 5.59. The van der Waals surface area contributed by atoms with Crippen molar-refractivity contribution >= 4 is 39.4 Å². The number of carbonyl (C=O) groups is 2. The third-order valence-corrected chi connectivity index (χ3v) is 9.10. The molecule has 0 aliphatic rings. The molecule has 0 saturated carbocycles. The summed E-state index contributed by atoms with van der Waals surface area (Å²) >= 11 is 0. The van der Waals surface area contributed by atoms with Crippen molar-refractivity contribution in [3.05, 3.63) is 159 Å². The molecule has 0 atom stereocenters. The van der Waals surface area contributed by atoms with Gasteiger partial charge in [0.2, 0.25) is 0 Å². The van der Waals surface area contributed by atoms with Crippen molar-refractivity contribution < 1.29 is 23.5 Å². The average molecular weight is 723 g/mol. The van der Waals surface area contributed by atoms with Crippen LogP contribution < -0.4 is 25.5 Å². The highest BCUT2D eigenvalue weighted by Gasteiger charge is 2.21. The Labute approximate surface area is 311 Å². The van der Waals surface area contributed by atoms with E-state index in [9.17, 15) is 14.4 Å². The van der Waals surface area contributed by atoms with Gasteiger partial charge < -0.3 is 24.5 Å². The molecule has 272 valence electrons. The Morgan fingerprint density at radius 3 is 2.28 bits per heavy atom. The molecule has 0 bridgehead atoms. The van der Waals surface area contributed by atoms with Gasteiger partial charge in [-0.1, -0.05) is 48.5 Å². The molecule has 4 aromatic carbocycles. The summed E-state index contributed by atoms with van der Waals surface area (Å²) in [6, 6.07) is 29.3. The summed E-state index contributed by atoms with van der Waals surface area (Å²) in [6.07, 6.45) is 5.55. The SMILES string of the molecule is COc1cc(NC(=O)c2cc(=O)c3ccccc3o2)c(C(=O)NCc2ccc(CN(Cc3cccnc3)Cc3ccc4c(cnn4C)c3)cc2)cc1OC. The van der Waals surface area contributed by atoms with Crippen LogP contribution in [0.5, 0.6) is 11.5 Å². The lowest BCUT2D eigenvalue weighted by atomic mass is 10.1. The van der Waals surface area contributed by atoms with E-state index in [4.69, 9.17) is 13.9 Å². The first-order valence-electron chi connectivity index (χ1n) is 17.3. The van der Waals surface area contributed by atoms with E-state index in [-0.39, 0.29) is 34.6 Å². The molecule has 2 N–H and O–H groups in total. The highest BCUT2D eigenvalue weighted by Crippen LogP contribution is 2.34. The molecule has 3 heterocycles. The van der Waals surface area contributed by atoms with Crippen LogP contribution in [-0.2, 0) is 33.2 Å². The number of anilines is 1. The van der Waals surface area contributed by atoms with Gasteiger partial charge in [0, 0.05) is 63.1 Å². The number of nitrogens with zero attached hydrogens (tertiary/aromatic N) is 4. The molecule has 2 amide bonds. The molecule has 0 aliphatic heterocycles. The van der Waals surface area contributed by atoms with Crippen LogP contribution in [0.1, 0.15) is 43.2 Å². The number of fused-ring (bicyclic) bond motifs is 2. The zero-order chi connectivity index (χ0) is 37.6. The van der Waals surface area contributed by atoms with Crippen LogP contribution in [0.25, 0.3) is 21.9 Å². The van der Waals surface area contributed by atoms with Gasteiger partial charge in [-0.05, 0) is 58.7 Å². The predicted molar refractivity (Wildman–Crippen MR) is 205 cm³/mol. The third kappa shape index (κ3) is 7.98. The predicted octanol–water partition coefficient (Wildman–Crippen LogP) is 6.48. The molecule has 0 unspecified atom stereocenters. The lowest BCUT2D eigenvalue weighted by Crippen LogP contribution is -2.25. The molecule has 12 nitrogen and oxygen atoms in total. The first kappa shape index (κ1) is 35.6. The van der Waals surface area contributed by atoms with Gasteiger partial charge >= 0.3 is 0 Å². The smallest absolute Gasteiger partial charge is 0.291 e. The molecule has 0 fully saturated rings. The Morgan fingerprint density at radius 1 is 0.778 bits per heavy atom. The summed E-state index contributed by atoms with van der Waals surface area (Å²) < 4.78 is 18.5. The van der Waals surface area contributed by atoms with Gasteiger partial charge in [0.15, 0.2) is 22.7 Å². The second-order valence-electron chi connectivity index (χ2n) is 12.8. The first-order valence-corrected chi connectivity index (χ1v) is 17.3. The average Bonchev–Trinajstić information content (AvgIpc) is 3.56. The number of aryl methyl sites for hydroxylation is 1. The van der Waals surface area contributed by atoms with Crippen LogP contribution in [0.3, 0.4) is 0 Å². The molecule has 0 spiro atoms. The van der Waals surface area contributed by atoms with Crippen molar-refractivity contribution in [2.24, 2.45) is 7.05 Å². The van der Waals surface area contributed by atoms with Crippen LogP contribution in [0.2, 0.25) is 0 Å². The number of nitrogens with one attached hydrogen (secondary N) is 2. The zero-order valence-corrected chi connectivity index (χ0v) is 30.0. The summed E-state index contributed by atoms with van der Waals surface area (Å²) in [4.78, 5) is 46.3. The normalized spacial score (nSPS) is 11.2. The van der Waals surface area contributed by atoms with E-state index in [2.05, 4.69) is 62.0 Å². The summed E-state index contributed by atoms with van der Waals surface area (Å²) in [7, 11) is 4.85. The van der Waals surface area contributed by atoms with Gasteiger partial charge in [-0.25, -0.2) is 0 Å². The number of rotatable bonds is 13. The van der Waals surface area contributed by atoms with Gasteiger partial charge in [-0.3, -0.25) is 28.9 Å². The van der Waals surface area contributed by atoms with Crippen molar-refractivity contribution in [1.29, 1.82) is 0 Å². The number of hydrogen-bond donors (Lipinski definition) is 2. The maximum Gasteiger partial charge on any atom is 0.291 e. The number of hydrogen-bond acceptors (Lipinski definition) is 9. The van der Waals surface area contributed by atoms with Crippen LogP contribution in [0.15, 0.2) is 125 Å². The fraction of sp³-hybridized carbons (Fsp3) is 0.167. The zero-order valence-electron chi connectivity index (χ0n) is 30.0. The molecule has 3 aromatic heterocycles. The fourth-order valence-electron chi connectivity index (χ4n) is 6.36. The molecule has 7 rings (SSSR count). The maximum atomic E-state index is 13.6. The Hall–Kier alpha value is -6.79. The number of amides is 2. The van der Waals surface area contributed by atoms with Gasteiger partial charge in [-0.15, -0.1) is 0 Å². The summed E-state index contributed by atoms with van der Waals surface area (Å²) in [6.45, 7) is 2.37. The molecule has 0 aliphatic carbocycles. The number of pyridine rings is 1. The first-order chi connectivity index (χ1) is 26.3. The van der Waals surface area contributed by atoms with E-state index in [1.807, 2.05) is 42.3 Å². The number of carbonyl (C=O) groups excluding carboxylic acids is 2. The minimum Gasteiger partial charge on any atom is -0.493 e. The lowest BCUT2D eigenvalue weighted by molar-refractivity contribution is 0.0951. The van der Waals surface area contributed by atoms with E-state index in [0.29, 0.717) is 30.0 Å². The van der Waals surface area contributed by atoms with Crippen LogP contribution >= 0.6 is 0 Å². The van der Waals surface area contributed by atoms with Gasteiger partial charge in [0.1, 0.15) is 5.58 Å². The summed E-state index contributed by atoms with van der Waals surface area (Å²) in [5.74, 6) is -0.754. The highest BCUT2D eigenvalue weighted by molar-refractivity contribution is 6.08. The Kier molecular flexibility index (Phi) is 10.4. The van der Waals surface area contributed by atoms with Crippen molar-refractivity contribution in [2.75, 3.05) is 19.5 Å². The molecule has 12 heteroatoms. The van der Waals surface area contributed by atoms with E-state index in [1.54, 1.807) is 30.5 Å². The number of para-hydroxylation sites is 1. The van der Waals surface area contributed by atoms with E-state index in [0.717, 1.165) is 40.2 Å². The van der Waals surface area contributed by atoms with Crippen molar-refractivity contribution in [3.63, 3.8) is 0 Å². The summed E-state index contributed by atoms with van der Waals surface area (Å²) in [5, 5.41) is 11.5. The second-order valence-corrected chi connectivity index (χ2v) is 12.8. The molecule has 54 heavy (non-hydrogen) atoms. The number of ether oxygens (including phenoxy) is 2. The van der Waals surface area contributed by atoms with Crippen molar-refractivity contribution in [2.45, 2.75) is 26.2 Å². The second kappa shape index (κ2) is 15.8. The van der Waals surface area contributed by atoms with Crippen molar-refractivity contribution in [3.8, 4) is 11.5 Å². The van der Waals surface area contributed by atoms with Gasteiger partial charge in [-0.2, -0.15) is 5.10 Å². The number of benzene rings is 4. The molecule has 7 aromatic rings. The maximum absolute atomic E-state index is 13.6. The monoisotopic (exact) mass is 722 g/mol. The molecular formula is C42H38N6O6. The topological polar surface area (TPSA) is 141 Å².